The van der Waals surface area contributed by atoms with Crippen LogP contribution in [0.15, 0.2) is 0 Å². The molecule has 3 heterocycles. The highest BCUT2D eigenvalue weighted by Gasteiger charge is 2.51. The van der Waals surface area contributed by atoms with E-state index in [0.717, 1.165) is 17.8 Å². The molecule has 2 heteroatoms. The third kappa shape index (κ3) is 1.31. The van der Waals surface area contributed by atoms with Gasteiger partial charge in [-0.25, -0.2) is 0 Å². The first-order chi connectivity index (χ1) is 6.67. The molecule has 0 amide bonds. The van der Waals surface area contributed by atoms with Crippen LogP contribution in [0.4, 0.5) is 0 Å². The van der Waals surface area contributed by atoms with Crippen LogP contribution in [0.25, 0.3) is 0 Å². The monoisotopic (exact) mass is 194 g/mol. The van der Waals surface area contributed by atoms with Gasteiger partial charge in [-0.05, 0) is 37.1 Å². The summed E-state index contributed by atoms with van der Waals surface area (Å²) in [5, 5.41) is 3.72. The number of hydrogen-bond acceptors (Lipinski definition) is 2. The molecule has 1 saturated carbocycles. The first-order valence-corrected chi connectivity index (χ1v) is 6.14. The van der Waals surface area contributed by atoms with Crippen molar-refractivity contribution < 1.29 is 0 Å². The Morgan fingerprint density at radius 1 is 1.21 bits per heavy atom. The van der Waals surface area contributed by atoms with Crippen LogP contribution in [0.2, 0.25) is 0 Å². The van der Waals surface area contributed by atoms with Gasteiger partial charge < -0.3 is 10.2 Å². The van der Waals surface area contributed by atoms with Gasteiger partial charge in [-0.3, -0.25) is 0 Å². The minimum Gasteiger partial charge on any atom is -0.310 e. The smallest absolute Gasteiger partial charge is 0.0315 e. The van der Waals surface area contributed by atoms with E-state index in [2.05, 4.69) is 24.1 Å². The largest absolute Gasteiger partial charge is 0.310 e. The highest BCUT2D eigenvalue weighted by Crippen LogP contribution is 2.44. The van der Waals surface area contributed by atoms with Crippen LogP contribution in [0.5, 0.6) is 0 Å². The summed E-state index contributed by atoms with van der Waals surface area (Å²) in [6.45, 7) is 10.1. The fraction of sp³-hybridized carbons (Fsp3) is 1.00. The zero-order valence-corrected chi connectivity index (χ0v) is 9.42. The maximum absolute atomic E-state index is 3.72. The molecule has 0 aromatic heterocycles. The Bertz CT molecular complexity index is 217. The van der Waals surface area contributed by atoms with Gasteiger partial charge in [0.1, 0.15) is 0 Å². The van der Waals surface area contributed by atoms with Crippen molar-refractivity contribution in [2.75, 3.05) is 26.2 Å². The van der Waals surface area contributed by atoms with Crippen molar-refractivity contribution in [3.63, 3.8) is 0 Å². The van der Waals surface area contributed by atoms with Crippen LogP contribution in [-0.4, -0.2) is 36.6 Å². The van der Waals surface area contributed by atoms with E-state index >= 15 is 0 Å². The van der Waals surface area contributed by atoms with Crippen molar-refractivity contribution in [3.05, 3.63) is 0 Å². The van der Waals surface area contributed by atoms with Crippen molar-refractivity contribution in [1.29, 1.82) is 0 Å². The molecule has 0 spiro atoms. The lowest BCUT2D eigenvalue weighted by molar-refractivity contribution is 0.149. The highest BCUT2D eigenvalue weighted by atomic mass is 15.2. The molecular formula is C12H22N2. The molecule has 0 aromatic rings. The molecule has 2 unspecified atom stereocenters. The zero-order chi connectivity index (χ0) is 9.76. The van der Waals surface area contributed by atoms with Gasteiger partial charge in [0, 0.05) is 25.2 Å². The van der Waals surface area contributed by atoms with E-state index in [0.29, 0.717) is 5.54 Å². The van der Waals surface area contributed by atoms with Crippen molar-refractivity contribution in [2.45, 2.75) is 32.2 Å². The van der Waals surface area contributed by atoms with Crippen molar-refractivity contribution in [1.82, 2.24) is 10.2 Å². The lowest BCUT2D eigenvalue weighted by Crippen LogP contribution is -2.52. The maximum Gasteiger partial charge on any atom is 0.0315 e. The minimum atomic E-state index is 0.550. The topological polar surface area (TPSA) is 15.3 Å². The third-order valence-corrected chi connectivity index (χ3v) is 4.71. The summed E-state index contributed by atoms with van der Waals surface area (Å²) in [5.41, 5.74) is 0.550. The van der Waals surface area contributed by atoms with E-state index in [1.165, 1.54) is 39.0 Å². The number of likely N-dealkylation sites (tertiary alicyclic amines) is 1. The Balaban J connectivity index is 1.58. The number of nitrogens with zero attached hydrogens (tertiary/aromatic N) is 1. The normalized spacial score (nSPS) is 52.3. The average Bonchev–Trinajstić information content (AvgIpc) is 2.67. The molecule has 1 aliphatic carbocycles. The summed E-state index contributed by atoms with van der Waals surface area (Å²) in [4.78, 5) is 2.68. The van der Waals surface area contributed by atoms with Crippen LogP contribution in [0.3, 0.4) is 0 Å². The van der Waals surface area contributed by atoms with E-state index in [1.807, 2.05) is 0 Å². The highest BCUT2D eigenvalue weighted by molar-refractivity contribution is 5.10. The molecule has 0 aromatic carbocycles. The fourth-order valence-electron chi connectivity index (χ4n) is 3.69. The molecule has 2 atom stereocenters. The Hall–Kier alpha value is -0.0800. The summed E-state index contributed by atoms with van der Waals surface area (Å²) in [5.74, 6) is 2.83. The van der Waals surface area contributed by atoms with E-state index < -0.39 is 0 Å². The van der Waals surface area contributed by atoms with Gasteiger partial charge in [-0.2, -0.15) is 0 Å². The Labute approximate surface area is 87.0 Å². The lowest BCUT2D eigenvalue weighted by atomic mass is 9.73. The van der Waals surface area contributed by atoms with Gasteiger partial charge in [-0.15, -0.1) is 0 Å². The number of hydrogen-bond donors (Lipinski definition) is 1. The van der Waals surface area contributed by atoms with E-state index in [9.17, 15) is 0 Å². The summed E-state index contributed by atoms with van der Waals surface area (Å²) < 4.78 is 0. The number of rotatable bonds is 2. The SMILES string of the molecule is CC1CN(CC23CC(CN2)C3)CC1C. The van der Waals surface area contributed by atoms with Crippen LogP contribution < -0.4 is 5.32 Å². The first-order valence-electron chi connectivity index (χ1n) is 6.14. The molecule has 3 saturated heterocycles. The van der Waals surface area contributed by atoms with E-state index in [1.54, 1.807) is 0 Å². The standard InChI is InChI=1S/C12H22N2/c1-9-6-14(7-10(9)2)8-12-3-11(4-12)5-13-12/h9-11,13H,3-8H2,1-2H3. The van der Waals surface area contributed by atoms with Crippen LogP contribution in [-0.2, 0) is 0 Å². The zero-order valence-electron chi connectivity index (χ0n) is 9.42. The fourth-order valence-corrected chi connectivity index (χ4v) is 3.69. The Morgan fingerprint density at radius 3 is 2.36 bits per heavy atom. The van der Waals surface area contributed by atoms with Gasteiger partial charge in [0.25, 0.3) is 0 Å². The average molecular weight is 194 g/mol. The molecule has 4 rings (SSSR count). The van der Waals surface area contributed by atoms with Gasteiger partial charge in [0.05, 0.1) is 0 Å². The minimum absolute atomic E-state index is 0.550. The van der Waals surface area contributed by atoms with Crippen LogP contribution >= 0.6 is 0 Å². The lowest BCUT2D eigenvalue weighted by Gasteiger charge is -2.40. The molecular weight excluding hydrogens is 172 g/mol. The molecule has 1 N–H and O–H groups in total. The maximum atomic E-state index is 3.72. The predicted octanol–water partition coefficient (Wildman–Crippen LogP) is 1.33. The van der Waals surface area contributed by atoms with Crippen molar-refractivity contribution in [2.24, 2.45) is 17.8 Å². The molecule has 4 fully saturated rings. The second-order valence-electron chi connectivity index (χ2n) is 6.08. The molecule has 3 aliphatic heterocycles. The number of nitrogens with one attached hydrogen (secondary N) is 1. The summed E-state index contributed by atoms with van der Waals surface area (Å²) in [6, 6.07) is 0. The third-order valence-electron chi connectivity index (χ3n) is 4.71. The van der Waals surface area contributed by atoms with E-state index in [-0.39, 0.29) is 0 Å². The van der Waals surface area contributed by atoms with Gasteiger partial charge >= 0.3 is 0 Å². The molecule has 80 valence electrons. The quantitative estimate of drug-likeness (QED) is 0.713. The van der Waals surface area contributed by atoms with E-state index in [4.69, 9.17) is 0 Å². The molecule has 0 radical (unpaired) electrons. The molecule has 4 aliphatic rings. The van der Waals surface area contributed by atoms with Gasteiger partial charge in [-0.1, -0.05) is 13.8 Å². The second-order valence-corrected chi connectivity index (χ2v) is 6.08. The van der Waals surface area contributed by atoms with Gasteiger partial charge in [0.15, 0.2) is 0 Å². The van der Waals surface area contributed by atoms with Crippen LogP contribution in [0.1, 0.15) is 26.7 Å². The predicted molar refractivity (Wildman–Crippen MR) is 58.2 cm³/mol. The van der Waals surface area contributed by atoms with Crippen molar-refractivity contribution in [3.8, 4) is 0 Å². The summed E-state index contributed by atoms with van der Waals surface area (Å²) in [7, 11) is 0. The summed E-state index contributed by atoms with van der Waals surface area (Å²) in [6.07, 6.45) is 2.90. The molecule has 2 nitrogen and oxygen atoms in total. The number of fused-ring (bicyclic) bond motifs is 1. The van der Waals surface area contributed by atoms with Gasteiger partial charge in [0.2, 0.25) is 0 Å². The summed E-state index contributed by atoms with van der Waals surface area (Å²) >= 11 is 0. The van der Waals surface area contributed by atoms with Crippen LogP contribution in [0, 0.1) is 17.8 Å². The molecule has 2 bridgehead atoms. The first kappa shape index (κ1) is 9.17. The molecule has 14 heavy (non-hydrogen) atoms. The second kappa shape index (κ2) is 2.96. The van der Waals surface area contributed by atoms with Crippen molar-refractivity contribution >= 4 is 0 Å². The Morgan fingerprint density at radius 2 is 1.86 bits per heavy atom. The Kier molecular flexibility index (Phi) is 1.94.